The molecule has 0 heterocycles. The highest BCUT2D eigenvalue weighted by Crippen LogP contribution is 1.53. The molecular weight excluding hydrogens is 144 g/mol. The van der Waals surface area contributed by atoms with Gasteiger partial charge < -0.3 is 0 Å². The van der Waals surface area contributed by atoms with Crippen molar-refractivity contribution in [1.82, 2.24) is 0 Å². The SMILES string of the molecule is C=CC=C.C=CC=C.CC.CC. The van der Waals surface area contributed by atoms with Crippen LogP contribution in [0.3, 0.4) is 0 Å². The molecule has 0 unspecified atom stereocenters. The fraction of sp³-hybridized carbons (Fsp3) is 0.333. The molecule has 0 saturated carbocycles. The summed E-state index contributed by atoms with van der Waals surface area (Å²) < 4.78 is 0. The lowest BCUT2D eigenvalue weighted by Crippen LogP contribution is -1.21. The highest BCUT2D eigenvalue weighted by molar-refractivity contribution is 4.88. The number of rotatable bonds is 2. The maximum atomic E-state index is 3.36. The quantitative estimate of drug-likeness (QED) is 0.521. The highest BCUT2D eigenvalue weighted by atomic mass is 13.4. The van der Waals surface area contributed by atoms with E-state index in [1.54, 1.807) is 24.3 Å². The maximum absolute atomic E-state index is 3.36. The minimum atomic E-state index is 1.64. The minimum Gasteiger partial charge on any atom is -0.0991 e. The largest absolute Gasteiger partial charge is 0.0991 e. The molecule has 72 valence electrons. The summed E-state index contributed by atoms with van der Waals surface area (Å²) in [5.74, 6) is 0. The van der Waals surface area contributed by atoms with E-state index in [0.717, 1.165) is 0 Å². The molecule has 0 saturated heterocycles. The third-order valence-corrected chi connectivity index (χ3v) is 0.333. The highest BCUT2D eigenvalue weighted by Gasteiger charge is 1.29. The number of hydrogen-bond acceptors (Lipinski definition) is 0. The first-order valence-corrected chi connectivity index (χ1v) is 4.30. The summed E-state index contributed by atoms with van der Waals surface area (Å²) in [4.78, 5) is 0. The summed E-state index contributed by atoms with van der Waals surface area (Å²) in [5, 5.41) is 0. The summed E-state index contributed by atoms with van der Waals surface area (Å²) >= 11 is 0. The van der Waals surface area contributed by atoms with Crippen molar-refractivity contribution in [1.29, 1.82) is 0 Å². The Bertz CT molecular complexity index is 54.0. The van der Waals surface area contributed by atoms with Crippen molar-refractivity contribution in [3.8, 4) is 0 Å². The van der Waals surface area contributed by atoms with Gasteiger partial charge in [-0.3, -0.25) is 0 Å². The Morgan fingerprint density at radius 2 is 0.583 bits per heavy atom. The van der Waals surface area contributed by atoms with Gasteiger partial charge in [-0.25, -0.2) is 0 Å². The Hall–Kier alpha value is -1.04. The Kier molecular flexibility index (Phi) is 171. The molecule has 0 aromatic carbocycles. The fourth-order valence-electron chi connectivity index (χ4n) is 0. The summed E-state index contributed by atoms with van der Waals surface area (Å²) in [5.41, 5.74) is 0. The molecule has 0 aliphatic carbocycles. The second kappa shape index (κ2) is 91.3. The minimum absolute atomic E-state index is 1.64. The number of hydrogen-bond donors (Lipinski definition) is 0. The van der Waals surface area contributed by atoms with Crippen LogP contribution in [0, 0.1) is 0 Å². The van der Waals surface area contributed by atoms with E-state index in [2.05, 4.69) is 26.3 Å². The van der Waals surface area contributed by atoms with Crippen molar-refractivity contribution in [3.63, 3.8) is 0 Å². The monoisotopic (exact) mass is 168 g/mol. The van der Waals surface area contributed by atoms with E-state index in [1.165, 1.54) is 0 Å². The third-order valence-electron chi connectivity index (χ3n) is 0.333. The lowest BCUT2D eigenvalue weighted by atomic mass is 10.6. The van der Waals surface area contributed by atoms with E-state index in [-0.39, 0.29) is 0 Å². The van der Waals surface area contributed by atoms with Crippen molar-refractivity contribution in [2.75, 3.05) is 0 Å². The molecule has 0 rings (SSSR count). The van der Waals surface area contributed by atoms with Crippen LogP contribution in [0.25, 0.3) is 0 Å². The van der Waals surface area contributed by atoms with Gasteiger partial charge in [-0.05, 0) is 0 Å². The van der Waals surface area contributed by atoms with Crippen LogP contribution >= 0.6 is 0 Å². The molecule has 0 aromatic rings. The first-order chi connectivity index (χ1) is 5.83. The van der Waals surface area contributed by atoms with Gasteiger partial charge in [0.25, 0.3) is 0 Å². The summed E-state index contributed by atoms with van der Waals surface area (Å²) in [7, 11) is 0. The van der Waals surface area contributed by atoms with Crippen LogP contribution in [0.4, 0.5) is 0 Å². The lowest BCUT2D eigenvalue weighted by Gasteiger charge is -1.44. The molecule has 0 atom stereocenters. The van der Waals surface area contributed by atoms with Gasteiger partial charge in [-0.15, -0.1) is 0 Å². The maximum Gasteiger partial charge on any atom is -0.0683 e. The van der Waals surface area contributed by atoms with Gasteiger partial charge in [-0.2, -0.15) is 0 Å². The predicted octanol–water partition coefficient (Wildman–Crippen LogP) is 4.77. The Morgan fingerprint density at radius 1 is 0.500 bits per heavy atom. The van der Waals surface area contributed by atoms with Crippen molar-refractivity contribution >= 4 is 0 Å². The van der Waals surface area contributed by atoms with E-state index in [9.17, 15) is 0 Å². The molecule has 12 heavy (non-hydrogen) atoms. The molecular formula is C12H24. The molecule has 0 aromatic heterocycles. The van der Waals surface area contributed by atoms with E-state index in [1.807, 2.05) is 27.7 Å². The zero-order valence-electron chi connectivity index (χ0n) is 9.14. The fourth-order valence-corrected chi connectivity index (χ4v) is 0. The Labute approximate surface area is 79.0 Å². The van der Waals surface area contributed by atoms with Crippen LogP contribution in [0.2, 0.25) is 0 Å². The molecule has 0 spiro atoms. The molecule has 0 radical (unpaired) electrons. The van der Waals surface area contributed by atoms with Crippen LogP contribution in [-0.2, 0) is 0 Å². The summed E-state index contributed by atoms with van der Waals surface area (Å²) in [6.45, 7) is 21.4. The zero-order valence-corrected chi connectivity index (χ0v) is 9.14. The number of allylic oxidation sites excluding steroid dienone is 4. The Morgan fingerprint density at radius 3 is 0.583 bits per heavy atom. The summed E-state index contributed by atoms with van der Waals surface area (Å²) in [6.07, 6.45) is 6.56. The van der Waals surface area contributed by atoms with Gasteiger partial charge in [0.15, 0.2) is 0 Å². The van der Waals surface area contributed by atoms with Gasteiger partial charge >= 0.3 is 0 Å². The van der Waals surface area contributed by atoms with E-state index >= 15 is 0 Å². The molecule has 0 aliphatic rings. The topological polar surface area (TPSA) is 0 Å². The van der Waals surface area contributed by atoms with Gasteiger partial charge in [-0.1, -0.05) is 78.3 Å². The average molecular weight is 168 g/mol. The van der Waals surface area contributed by atoms with Crippen LogP contribution in [0.1, 0.15) is 27.7 Å². The molecule has 0 N–H and O–H groups in total. The van der Waals surface area contributed by atoms with Crippen LogP contribution in [0.15, 0.2) is 50.6 Å². The van der Waals surface area contributed by atoms with E-state index in [4.69, 9.17) is 0 Å². The van der Waals surface area contributed by atoms with Crippen LogP contribution in [0.5, 0.6) is 0 Å². The van der Waals surface area contributed by atoms with Crippen LogP contribution < -0.4 is 0 Å². The molecule has 0 amide bonds. The molecule has 0 bridgehead atoms. The van der Waals surface area contributed by atoms with E-state index < -0.39 is 0 Å². The summed E-state index contributed by atoms with van der Waals surface area (Å²) in [6, 6.07) is 0. The van der Waals surface area contributed by atoms with Crippen molar-refractivity contribution in [2.24, 2.45) is 0 Å². The molecule has 0 fully saturated rings. The van der Waals surface area contributed by atoms with E-state index in [0.29, 0.717) is 0 Å². The molecule has 0 aliphatic heterocycles. The van der Waals surface area contributed by atoms with Crippen molar-refractivity contribution < 1.29 is 0 Å². The second-order valence-electron chi connectivity index (χ2n) is 0.943. The first-order valence-electron chi connectivity index (χ1n) is 4.30. The smallest absolute Gasteiger partial charge is 0.0683 e. The molecule has 0 nitrogen and oxygen atoms in total. The second-order valence-corrected chi connectivity index (χ2v) is 0.943. The van der Waals surface area contributed by atoms with Gasteiger partial charge in [0.05, 0.1) is 0 Å². The van der Waals surface area contributed by atoms with Crippen LogP contribution in [-0.4, -0.2) is 0 Å². The van der Waals surface area contributed by atoms with Crippen molar-refractivity contribution in [3.05, 3.63) is 50.6 Å². The average Bonchev–Trinajstić information content (AvgIpc) is 2.23. The van der Waals surface area contributed by atoms with Gasteiger partial charge in [0.1, 0.15) is 0 Å². The zero-order chi connectivity index (χ0) is 10.8. The third kappa shape index (κ3) is 616. The molecule has 0 heteroatoms. The first kappa shape index (κ1) is 22.4. The lowest BCUT2D eigenvalue weighted by molar-refractivity contribution is 1.50. The Balaban J connectivity index is -0.0000000380. The van der Waals surface area contributed by atoms with Gasteiger partial charge in [0, 0.05) is 0 Å². The standard InChI is InChI=1S/2C4H6.2C2H6/c2*1-3-4-2;2*1-2/h2*3-4H,1-2H2;2*1-2H3. The van der Waals surface area contributed by atoms with Crippen molar-refractivity contribution in [2.45, 2.75) is 27.7 Å². The predicted molar refractivity (Wildman–Crippen MR) is 63.5 cm³/mol. The normalized spacial score (nSPS) is 4.33. The van der Waals surface area contributed by atoms with Gasteiger partial charge in [0.2, 0.25) is 0 Å².